The molecule has 1 saturated heterocycles. The molecule has 10 heteroatoms. The number of piperidine rings is 1. The Kier molecular flexibility index (Phi) is 7.53. The maximum absolute atomic E-state index is 13.5. The molecular weight excluding hydrogens is 496 g/mol. The predicted octanol–water partition coefficient (Wildman–Crippen LogP) is 3.55. The molecule has 0 radical (unpaired) electrons. The van der Waals surface area contributed by atoms with Gasteiger partial charge in [0.1, 0.15) is 23.0 Å². The number of carbonyl (C=O) groups excluding carboxylic acids is 1. The summed E-state index contributed by atoms with van der Waals surface area (Å²) in [5, 5.41) is 9.33. The summed E-state index contributed by atoms with van der Waals surface area (Å²) in [5.74, 6) is 2.19. The van der Waals surface area contributed by atoms with Crippen LogP contribution in [0.1, 0.15) is 47.6 Å². The molecule has 0 atom stereocenters. The molecular formula is C29H34N6O4. The molecule has 39 heavy (non-hydrogen) atoms. The Labute approximate surface area is 227 Å². The van der Waals surface area contributed by atoms with Crippen LogP contribution in [0.15, 0.2) is 59.4 Å². The smallest absolute Gasteiger partial charge is 0.346 e. The molecule has 204 valence electrons. The lowest BCUT2D eigenvalue weighted by Gasteiger charge is -2.31. The van der Waals surface area contributed by atoms with Crippen molar-refractivity contribution in [1.29, 1.82) is 0 Å². The van der Waals surface area contributed by atoms with Crippen molar-refractivity contribution in [2.45, 2.75) is 38.8 Å². The number of methoxy groups -OCH3 is 2. The lowest BCUT2D eigenvalue weighted by atomic mass is 9.95. The fourth-order valence-electron chi connectivity index (χ4n) is 5.23. The predicted molar refractivity (Wildman–Crippen MR) is 147 cm³/mol. The van der Waals surface area contributed by atoms with E-state index in [9.17, 15) is 9.59 Å². The lowest BCUT2D eigenvalue weighted by Crippen LogP contribution is -2.39. The minimum Gasteiger partial charge on any atom is -0.497 e. The first-order valence-corrected chi connectivity index (χ1v) is 13.2. The van der Waals surface area contributed by atoms with Gasteiger partial charge in [0, 0.05) is 38.2 Å². The summed E-state index contributed by atoms with van der Waals surface area (Å²) in [4.78, 5) is 28.4. The first-order valence-electron chi connectivity index (χ1n) is 13.2. The second-order valence-corrected chi connectivity index (χ2v) is 9.70. The maximum atomic E-state index is 13.5. The summed E-state index contributed by atoms with van der Waals surface area (Å²) in [6, 6.07) is 17.2. The van der Waals surface area contributed by atoms with E-state index in [4.69, 9.17) is 14.6 Å². The van der Waals surface area contributed by atoms with Gasteiger partial charge in [-0.1, -0.05) is 30.3 Å². The van der Waals surface area contributed by atoms with Crippen molar-refractivity contribution in [3.63, 3.8) is 0 Å². The Bertz CT molecular complexity index is 1510. The van der Waals surface area contributed by atoms with Crippen LogP contribution in [0.2, 0.25) is 0 Å². The van der Waals surface area contributed by atoms with Crippen LogP contribution in [0.5, 0.6) is 11.5 Å². The number of likely N-dealkylation sites (tertiary alicyclic amines) is 1. The number of amides is 1. The number of ether oxygens (including phenoxy) is 2. The van der Waals surface area contributed by atoms with E-state index in [0.717, 1.165) is 29.8 Å². The summed E-state index contributed by atoms with van der Waals surface area (Å²) in [5.41, 5.74) is 2.85. The SMILES string of the molecule is CCn1c(C2CCN(C(=O)c3cc(-c4cc(OC)ccc4OC)nn3C)CC2)nn(Cc2ccccc2)c1=O. The van der Waals surface area contributed by atoms with Gasteiger partial charge in [0.25, 0.3) is 5.91 Å². The Morgan fingerprint density at radius 2 is 1.74 bits per heavy atom. The molecule has 0 spiro atoms. The highest BCUT2D eigenvalue weighted by Crippen LogP contribution is 2.33. The zero-order valence-electron chi connectivity index (χ0n) is 22.8. The highest BCUT2D eigenvalue weighted by Gasteiger charge is 2.30. The van der Waals surface area contributed by atoms with Gasteiger partial charge in [-0.25, -0.2) is 9.48 Å². The third-order valence-electron chi connectivity index (χ3n) is 7.37. The molecule has 1 aliphatic heterocycles. The van der Waals surface area contributed by atoms with Gasteiger partial charge >= 0.3 is 5.69 Å². The third kappa shape index (κ3) is 5.19. The van der Waals surface area contributed by atoms with Gasteiger partial charge in [0.05, 0.1) is 26.5 Å². The number of hydrogen-bond donors (Lipinski definition) is 0. The van der Waals surface area contributed by atoms with Crippen molar-refractivity contribution in [3.8, 4) is 22.8 Å². The molecule has 0 aliphatic carbocycles. The van der Waals surface area contributed by atoms with Crippen LogP contribution in [0, 0.1) is 0 Å². The normalized spacial score (nSPS) is 14.0. The minimum absolute atomic E-state index is 0.0703. The van der Waals surface area contributed by atoms with E-state index >= 15 is 0 Å². The number of rotatable bonds is 8. The molecule has 1 amide bonds. The summed E-state index contributed by atoms with van der Waals surface area (Å²) >= 11 is 0. The van der Waals surface area contributed by atoms with E-state index in [0.29, 0.717) is 49.1 Å². The van der Waals surface area contributed by atoms with Gasteiger partial charge in [0.15, 0.2) is 0 Å². The largest absolute Gasteiger partial charge is 0.497 e. The molecule has 1 aliphatic rings. The molecule has 4 aromatic rings. The summed E-state index contributed by atoms with van der Waals surface area (Å²) in [6.45, 7) is 4.13. The quantitative estimate of drug-likeness (QED) is 0.346. The Morgan fingerprint density at radius 3 is 2.41 bits per heavy atom. The lowest BCUT2D eigenvalue weighted by molar-refractivity contribution is 0.0699. The van der Waals surface area contributed by atoms with E-state index in [2.05, 4.69) is 5.10 Å². The van der Waals surface area contributed by atoms with Crippen LogP contribution in [0.25, 0.3) is 11.3 Å². The Morgan fingerprint density at radius 1 is 1.00 bits per heavy atom. The van der Waals surface area contributed by atoms with Crippen molar-refractivity contribution in [3.05, 3.63) is 82.2 Å². The van der Waals surface area contributed by atoms with Crippen LogP contribution in [-0.4, -0.2) is 62.2 Å². The summed E-state index contributed by atoms with van der Waals surface area (Å²) < 4.78 is 15.8. The van der Waals surface area contributed by atoms with E-state index in [1.165, 1.54) is 0 Å². The third-order valence-corrected chi connectivity index (χ3v) is 7.37. The van der Waals surface area contributed by atoms with Crippen LogP contribution >= 0.6 is 0 Å². The average Bonchev–Trinajstić information content (AvgIpc) is 3.51. The molecule has 0 bridgehead atoms. The van der Waals surface area contributed by atoms with Crippen LogP contribution in [-0.2, 0) is 20.1 Å². The van der Waals surface area contributed by atoms with Gasteiger partial charge in [-0.3, -0.25) is 14.0 Å². The molecule has 0 saturated carbocycles. The molecule has 1 fully saturated rings. The van der Waals surface area contributed by atoms with Crippen LogP contribution < -0.4 is 15.2 Å². The molecule has 10 nitrogen and oxygen atoms in total. The summed E-state index contributed by atoms with van der Waals surface area (Å²) in [6.07, 6.45) is 1.48. The topological polar surface area (TPSA) is 96.4 Å². The molecule has 3 heterocycles. The zero-order valence-corrected chi connectivity index (χ0v) is 22.8. The van der Waals surface area contributed by atoms with Crippen molar-refractivity contribution >= 4 is 5.91 Å². The maximum Gasteiger partial charge on any atom is 0.346 e. The minimum atomic E-state index is -0.0924. The highest BCUT2D eigenvalue weighted by atomic mass is 16.5. The number of aromatic nitrogens is 5. The van der Waals surface area contributed by atoms with Gasteiger partial charge in [0.2, 0.25) is 0 Å². The van der Waals surface area contributed by atoms with Gasteiger partial charge < -0.3 is 14.4 Å². The number of aryl methyl sites for hydroxylation is 1. The second kappa shape index (κ2) is 11.2. The van der Waals surface area contributed by atoms with E-state index in [1.54, 1.807) is 41.3 Å². The number of carbonyl (C=O) groups is 1. The Hall–Kier alpha value is -4.34. The molecule has 2 aromatic heterocycles. The van der Waals surface area contributed by atoms with Gasteiger partial charge in [-0.2, -0.15) is 10.2 Å². The van der Waals surface area contributed by atoms with Gasteiger partial charge in [-0.15, -0.1) is 0 Å². The first kappa shape index (κ1) is 26.3. The Balaban J connectivity index is 1.31. The standard InChI is InChI=1S/C29H34N6O4/c1-5-34-27(31-35(29(34)37)19-20-9-7-6-8-10-20)21-13-15-33(16-14-21)28(36)25-18-24(30-32(25)2)23-17-22(38-3)11-12-26(23)39-4/h6-12,17-18,21H,5,13-16,19H2,1-4H3. The van der Waals surface area contributed by atoms with Crippen LogP contribution in [0.4, 0.5) is 0 Å². The van der Waals surface area contributed by atoms with E-state index < -0.39 is 0 Å². The van der Waals surface area contributed by atoms with Crippen molar-refractivity contribution in [2.24, 2.45) is 7.05 Å². The number of nitrogens with zero attached hydrogens (tertiary/aromatic N) is 6. The van der Waals surface area contributed by atoms with Gasteiger partial charge in [-0.05, 0) is 49.6 Å². The highest BCUT2D eigenvalue weighted by molar-refractivity contribution is 5.94. The first-order chi connectivity index (χ1) is 18.9. The fourth-order valence-corrected chi connectivity index (χ4v) is 5.23. The van der Waals surface area contributed by atoms with Crippen molar-refractivity contribution in [2.75, 3.05) is 27.3 Å². The molecule has 0 N–H and O–H groups in total. The second-order valence-electron chi connectivity index (χ2n) is 9.70. The van der Waals surface area contributed by atoms with E-state index in [1.807, 2.05) is 60.4 Å². The average molecular weight is 531 g/mol. The number of benzene rings is 2. The fraction of sp³-hybridized carbons (Fsp3) is 0.379. The zero-order chi connectivity index (χ0) is 27.5. The molecule has 5 rings (SSSR count). The van der Waals surface area contributed by atoms with Crippen molar-refractivity contribution < 1.29 is 14.3 Å². The van der Waals surface area contributed by atoms with E-state index in [-0.39, 0.29) is 17.5 Å². The molecule has 0 unspecified atom stereocenters. The summed E-state index contributed by atoms with van der Waals surface area (Å²) in [7, 11) is 4.98. The van der Waals surface area contributed by atoms with Crippen LogP contribution in [0.3, 0.4) is 0 Å². The monoisotopic (exact) mass is 530 g/mol. The molecule has 2 aromatic carbocycles. The van der Waals surface area contributed by atoms with Crippen molar-refractivity contribution in [1.82, 2.24) is 29.0 Å². The number of hydrogen-bond acceptors (Lipinski definition) is 6.